The summed E-state index contributed by atoms with van der Waals surface area (Å²) in [4.78, 5) is 16.8. The van der Waals surface area contributed by atoms with Gasteiger partial charge in [-0.1, -0.05) is 0 Å². The molecule has 1 atom stereocenters. The number of carbonyl (C=O) groups excluding carboxylic acids is 1. The van der Waals surface area contributed by atoms with Crippen LogP contribution in [0, 0.1) is 0 Å². The average Bonchev–Trinajstić information content (AvgIpc) is 3.18. The summed E-state index contributed by atoms with van der Waals surface area (Å²) in [5.74, 6) is 0.218. The van der Waals surface area contributed by atoms with Gasteiger partial charge >= 0.3 is 0 Å². The summed E-state index contributed by atoms with van der Waals surface area (Å²) in [6, 6.07) is 7.54. The highest BCUT2D eigenvalue weighted by molar-refractivity contribution is 7.91. The van der Waals surface area contributed by atoms with E-state index in [1.54, 1.807) is 4.90 Å². The van der Waals surface area contributed by atoms with Crippen molar-refractivity contribution in [1.29, 1.82) is 0 Å². The molecule has 2 heterocycles. The first kappa shape index (κ1) is 16.3. The van der Waals surface area contributed by atoms with Crippen LogP contribution in [-0.2, 0) is 9.84 Å². The molecule has 1 amide bonds. The van der Waals surface area contributed by atoms with Crippen LogP contribution in [0.15, 0.2) is 24.3 Å². The summed E-state index contributed by atoms with van der Waals surface area (Å²) in [7, 11) is -2.98. The second-order valence-corrected chi connectivity index (χ2v) is 8.62. The van der Waals surface area contributed by atoms with Gasteiger partial charge in [-0.05, 0) is 50.5 Å². The van der Waals surface area contributed by atoms with Gasteiger partial charge in [-0.2, -0.15) is 0 Å². The van der Waals surface area contributed by atoms with E-state index < -0.39 is 9.84 Å². The maximum atomic E-state index is 12.7. The molecule has 0 bridgehead atoms. The molecular formula is C17H24N2O3S. The first-order valence-electron chi connectivity index (χ1n) is 8.36. The molecule has 1 unspecified atom stereocenters. The van der Waals surface area contributed by atoms with Gasteiger partial charge in [0.15, 0.2) is 9.84 Å². The van der Waals surface area contributed by atoms with Gasteiger partial charge in [0, 0.05) is 36.9 Å². The molecule has 0 N–H and O–H groups in total. The van der Waals surface area contributed by atoms with Crippen molar-refractivity contribution in [3.05, 3.63) is 29.8 Å². The Kier molecular flexibility index (Phi) is 4.62. The highest BCUT2D eigenvalue weighted by Crippen LogP contribution is 2.23. The molecule has 2 fully saturated rings. The van der Waals surface area contributed by atoms with E-state index in [-0.39, 0.29) is 23.5 Å². The Morgan fingerprint density at radius 1 is 1.22 bits per heavy atom. The molecule has 5 nitrogen and oxygen atoms in total. The molecule has 23 heavy (non-hydrogen) atoms. The maximum Gasteiger partial charge on any atom is 0.254 e. The lowest BCUT2D eigenvalue weighted by atomic mass is 10.1. The van der Waals surface area contributed by atoms with Gasteiger partial charge in [-0.15, -0.1) is 0 Å². The zero-order chi connectivity index (χ0) is 16.4. The number of sulfone groups is 1. The number of hydrogen-bond donors (Lipinski definition) is 0. The lowest BCUT2D eigenvalue weighted by Crippen LogP contribution is -2.40. The highest BCUT2D eigenvalue weighted by atomic mass is 32.2. The Morgan fingerprint density at radius 2 is 1.87 bits per heavy atom. The van der Waals surface area contributed by atoms with Crippen molar-refractivity contribution in [3.8, 4) is 0 Å². The molecule has 0 radical (unpaired) electrons. The summed E-state index contributed by atoms with van der Waals surface area (Å²) in [5, 5.41) is 0. The fourth-order valence-corrected chi connectivity index (χ4v) is 5.28. The van der Waals surface area contributed by atoms with Crippen LogP contribution in [0.2, 0.25) is 0 Å². The van der Waals surface area contributed by atoms with E-state index in [0.29, 0.717) is 18.5 Å². The quantitative estimate of drug-likeness (QED) is 0.843. The topological polar surface area (TPSA) is 57.7 Å². The average molecular weight is 336 g/mol. The summed E-state index contributed by atoms with van der Waals surface area (Å²) in [6.45, 7) is 4.59. The predicted molar refractivity (Wildman–Crippen MR) is 91.7 cm³/mol. The van der Waals surface area contributed by atoms with Crippen LogP contribution in [0.4, 0.5) is 5.69 Å². The molecule has 126 valence electrons. The Labute approximate surface area is 138 Å². The van der Waals surface area contributed by atoms with Gasteiger partial charge < -0.3 is 9.80 Å². The van der Waals surface area contributed by atoms with E-state index in [1.807, 2.05) is 31.2 Å². The highest BCUT2D eigenvalue weighted by Gasteiger charge is 2.34. The number of hydrogen-bond acceptors (Lipinski definition) is 4. The third kappa shape index (κ3) is 3.52. The zero-order valence-electron chi connectivity index (χ0n) is 13.6. The normalized spacial score (nSPS) is 23.2. The fraction of sp³-hybridized carbons (Fsp3) is 0.588. The molecule has 0 saturated carbocycles. The van der Waals surface area contributed by atoms with Crippen LogP contribution < -0.4 is 4.90 Å². The number of nitrogens with zero attached hydrogens (tertiary/aromatic N) is 2. The summed E-state index contributed by atoms with van der Waals surface area (Å²) >= 11 is 0. The van der Waals surface area contributed by atoms with E-state index in [0.717, 1.165) is 18.8 Å². The van der Waals surface area contributed by atoms with Crippen molar-refractivity contribution < 1.29 is 13.2 Å². The van der Waals surface area contributed by atoms with Crippen molar-refractivity contribution in [2.45, 2.75) is 32.2 Å². The lowest BCUT2D eigenvalue weighted by molar-refractivity contribution is 0.0708. The van der Waals surface area contributed by atoms with Crippen molar-refractivity contribution >= 4 is 21.4 Å². The Bertz CT molecular complexity index is 664. The Morgan fingerprint density at radius 3 is 2.39 bits per heavy atom. The molecule has 2 aliphatic heterocycles. The maximum absolute atomic E-state index is 12.7. The lowest BCUT2D eigenvalue weighted by Gasteiger charge is -2.27. The van der Waals surface area contributed by atoms with Crippen LogP contribution >= 0.6 is 0 Å². The van der Waals surface area contributed by atoms with E-state index >= 15 is 0 Å². The van der Waals surface area contributed by atoms with Crippen molar-refractivity contribution in [2.75, 3.05) is 36.0 Å². The second-order valence-electron chi connectivity index (χ2n) is 6.39. The van der Waals surface area contributed by atoms with Gasteiger partial charge in [-0.25, -0.2) is 8.42 Å². The van der Waals surface area contributed by atoms with Crippen LogP contribution in [0.5, 0.6) is 0 Å². The van der Waals surface area contributed by atoms with E-state index in [1.165, 1.54) is 12.8 Å². The molecule has 0 aromatic heterocycles. The van der Waals surface area contributed by atoms with Gasteiger partial charge in [-0.3, -0.25) is 4.79 Å². The second kappa shape index (κ2) is 6.51. The van der Waals surface area contributed by atoms with E-state index in [9.17, 15) is 13.2 Å². The number of carbonyl (C=O) groups is 1. The first-order chi connectivity index (χ1) is 11.0. The predicted octanol–water partition coefficient (Wildman–Crippen LogP) is 1.94. The van der Waals surface area contributed by atoms with E-state index in [2.05, 4.69) is 4.90 Å². The molecule has 2 saturated heterocycles. The van der Waals surface area contributed by atoms with Crippen molar-refractivity contribution in [1.82, 2.24) is 4.90 Å². The SMILES string of the molecule is CCN(C(=O)c1ccc(N2CCCC2)cc1)C1CCS(=O)(=O)C1. The van der Waals surface area contributed by atoms with Crippen molar-refractivity contribution in [3.63, 3.8) is 0 Å². The Hall–Kier alpha value is -1.56. The third-order valence-electron chi connectivity index (χ3n) is 4.84. The standard InChI is InChI=1S/C17H24N2O3S/c1-2-19(16-9-12-23(21,22)13-16)17(20)14-5-7-15(8-6-14)18-10-3-4-11-18/h5-8,16H,2-4,9-13H2,1H3. The number of rotatable bonds is 4. The summed E-state index contributed by atoms with van der Waals surface area (Å²) < 4.78 is 23.3. The number of benzene rings is 1. The monoisotopic (exact) mass is 336 g/mol. The largest absolute Gasteiger partial charge is 0.372 e. The van der Waals surface area contributed by atoms with Crippen LogP contribution in [0.1, 0.15) is 36.5 Å². The minimum atomic E-state index is -2.98. The van der Waals surface area contributed by atoms with Gasteiger partial charge in [0.1, 0.15) is 0 Å². The molecule has 6 heteroatoms. The summed E-state index contributed by atoms with van der Waals surface area (Å²) in [6.07, 6.45) is 2.99. The fourth-order valence-electron chi connectivity index (χ4n) is 3.54. The number of amides is 1. The molecule has 1 aromatic carbocycles. The van der Waals surface area contributed by atoms with Crippen LogP contribution in [0.3, 0.4) is 0 Å². The van der Waals surface area contributed by atoms with Crippen LogP contribution in [0.25, 0.3) is 0 Å². The first-order valence-corrected chi connectivity index (χ1v) is 10.2. The smallest absolute Gasteiger partial charge is 0.254 e. The molecule has 0 aliphatic carbocycles. The van der Waals surface area contributed by atoms with Gasteiger partial charge in [0.2, 0.25) is 0 Å². The molecule has 1 aromatic rings. The van der Waals surface area contributed by atoms with Gasteiger partial charge in [0.05, 0.1) is 11.5 Å². The summed E-state index contributed by atoms with van der Waals surface area (Å²) in [5.41, 5.74) is 1.80. The molecule has 0 spiro atoms. The molecule has 3 rings (SSSR count). The Balaban J connectivity index is 1.73. The van der Waals surface area contributed by atoms with E-state index in [4.69, 9.17) is 0 Å². The minimum Gasteiger partial charge on any atom is -0.372 e. The molecular weight excluding hydrogens is 312 g/mol. The van der Waals surface area contributed by atoms with Crippen LogP contribution in [-0.4, -0.2) is 56.4 Å². The number of anilines is 1. The van der Waals surface area contributed by atoms with Crippen molar-refractivity contribution in [2.24, 2.45) is 0 Å². The van der Waals surface area contributed by atoms with Gasteiger partial charge in [0.25, 0.3) is 5.91 Å². The third-order valence-corrected chi connectivity index (χ3v) is 6.59. The minimum absolute atomic E-state index is 0.0671. The zero-order valence-corrected chi connectivity index (χ0v) is 14.4. The molecule has 2 aliphatic rings.